The number of ether oxygens (including phenoxy) is 1. The minimum Gasteiger partial charge on any atom is -0.444 e. The Kier molecular flexibility index (Phi) is 4.88. The molecule has 0 saturated carbocycles. The maximum atomic E-state index is 14.9. The average molecular weight is 379 g/mol. The van der Waals surface area contributed by atoms with E-state index in [1.165, 1.54) is 9.47 Å². The fourth-order valence-electron chi connectivity index (χ4n) is 3.29. The number of amides is 1. The first-order valence-electron chi connectivity index (χ1n) is 8.96. The number of nitrogens with zero attached hydrogens (tertiary/aromatic N) is 4. The maximum absolute atomic E-state index is 14.9. The molecule has 1 fully saturated rings. The van der Waals surface area contributed by atoms with Crippen molar-refractivity contribution in [2.24, 2.45) is 7.05 Å². The van der Waals surface area contributed by atoms with E-state index < -0.39 is 23.9 Å². The molecule has 2 aromatic rings. The largest absolute Gasteiger partial charge is 0.444 e. The molecule has 1 aliphatic heterocycles. The lowest BCUT2D eigenvalue weighted by molar-refractivity contribution is 0.0106. The molecule has 1 amide bonds. The summed E-state index contributed by atoms with van der Waals surface area (Å²) in [7, 11) is 3.23. The first kappa shape index (κ1) is 19.2. The Morgan fingerprint density at radius 2 is 2.15 bits per heavy atom. The molecule has 0 bridgehead atoms. The highest BCUT2D eigenvalue weighted by atomic mass is 19.1. The molecule has 8 nitrogen and oxygen atoms in total. The predicted molar refractivity (Wildman–Crippen MR) is 101 cm³/mol. The molecule has 0 radical (unpaired) electrons. The van der Waals surface area contributed by atoms with Crippen LogP contribution in [-0.2, 0) is 11.8 Å². The van der Waals surface area contributed by atoms with Gasteiger partial charge >= 0.3 is 11.8 Å². The van der Waals surface area contributed by atoms with Crippen molar-refractivity contribution in [2.45, 2.75) is 45.0 Å². The van der Waals surface area contributed by atoms with Crippen molar-refractivity contribution >= 4 is 22.9 Å². The molecular formula is C18H26FN5O3. The van der Waals surface area contributed by atoms with Crippen LogP contribution >= 0.6 is 0 Å². The van der Waals surface area contributed by atoms with Gasteiger partial charge in [-0.2, -0.15) is 0 Å². The fraction of sp³-hybridized carbons (Fsp3) is 0.611. The number of halogens is 1. The molecule has 27 heavy (non-hydrogen) atoms. The molecule has 148 valence electrons. The molecule has 2 atom stereocenters. The highest BCUT2D eigenvalue weighted by Gasteiger charge is 2.36. The predicted octanol–water partition coefficient (Wildman–Crippen LogP) is 2.05. The van der Waals surface area contributed by atoms with Crippen LogP contribution in [0.1, 0.15) is 27.2 Å². The van der Waals surface area contributed by atoms with Gasteiger partial charge in [0.25, 0.3) is 0 Å². The van der Waals surface area contributed by atoms with Crippen molar-refractivity contribution in [3.8, 4) is 0 Å². The van der Waals surface area contributed by atoms with Crippen molar-refractivity contribution in [3.63, 3.8) is 0 Å². The zero-order valence-corrected chi connectivity index (χ0v) is 16.3. The summed E-state index contributed by atoms with van der Waals surface area (Å²) in [4.78, 5) is 34.1. The van der Waals surface area contributed by atoms with Crippen LogP contribution in [0.5, 0.6) is 0 Å². The maximum Gasteiger partial charge on any atom is 0.410 e. The van der Waals surface area contributed by atoms with Crippen LogP contribution in [-0.4, -0.2) is 63.5 Å². The third-order valence-corrected chi connectivity index (χ3v) is 4.80. The number of carbonyl (C=O) groups excluding carboxylic acids is 1. The van der Waals surface area contributed by atoms with E-state index in [0.717, 1.165) is 5.69 Å². The Labute approximate surface area is 156 Å². The average Bonchev–Trinajstić information content (AvgIpc) is 2.86. The fourth-order valence-corrected chi connectivity index (χ4v) is 3.29. The number of aromatic nitrogens is 3. The molecule has 2 aromatic heterocycles. The summed E-state index contributed by atoms with van der Waals surface area (Å²) >= 11 is 0. The third kappa shape index (κ3) is 3.91. The summed E-state index contributed by atoms with van der Waals surface area (Å²) < 4.78 is 21.7. The van der Waals surface area contributed by atoms with E-state index in [0.29, 0.717) is 24.1 Å². The number of rotatable bonds is 2. The van der Waals surface area contributed by atoms with E-state index in [4.69, 9.17) is 4.74 Å². The van der Waals surface area contributed by atoms with Crippen molar-refractivity contribution in [1.29, 1.82) is 0 Å². The number of nitrogens with one attached hydrogen (secondary N) is 1. The van der Waals surface area contributed by atoms with Crippen LogP contribution in [0.25, 0.3) is 11.2 Å². The zero-order chi connectivity index (χ0) is 19.9. The summed E-state index contributed by atoms with van der Waals surface area (Å²) in [6, 6.07) is 1.29. The summed E-state index contributed by atoms with van der Waals surface area (Å²) in [5, 5.41) is 0. The molecule has 1 N–H and O–H groups in total. The number of anilines is 1. The van der Waals surface area contributed by atoms with Gasteiger partial charge in [0, 0.05) is 20.6 Å². The lowest BCUT2D eigenvalue weighted by Gasteiger charge is -2.40. The summed E-state index contributed by atoms with van der Waals surface area (Å²) in [5.74, 6) is 0. The Hall–Kier alpha value is -2.58. The van der Waals surface area contributed by atoms with Crippen molar-refractivity contribution < 1.29 is 13.9 Å². The van der Waals surface area contributed by atoms with Gasteiger partial charge < -0.3 is 14.5 Å². The van der Waals surface area contributed by atoms with Crippen LogP contribution in [0.2, 0.25) is 0 Å². The van der Waals surface area contributed by atoms with Gasteiger partial charge in [-0.25, -0.2) is 19.0 Å². The van der Waals surface area contributed by atoms with Gasteiger partial charge in [0.1, 0.15) is 11.8 Å². The van der Waals surface area contributed by atoms with Gasteiger partial charge in [0.15, 0.2) is 5.65 Å². The number of piperidine rings is 1. The number of hydrogen-bond acceptors (Lipinski definition) is 5. The first-order valence-corrected chi connectivity index (χ1v) is 8.96. The second-order valence-electron chi connectivity index (χ2n) is 7.96. The molecule has 9 heteroatoms. The Balaban J connectivity index is 1.72. The number of fused-ring (bicyclic) bond motifs is 1. The van der Waals surface area contributed by atoms with E-state index in [1.54, 1.807) is 41.1 Å². The smallest absolute Gasteiger partial charge is 0.410 e. The van der Waals surface area contributed by atoms with Gasteiger partial charge in [-0.15, -0.1) is 0 Å². The molecule has 2 unspecified atom stereocenters. The van der Waals surface area contributed by atoms with E-state index in [9.17, 15) is 14.0 Å². The zero-order valence-electron chi connectivity index (χ0n) is 16.3. The first-order chi connectivity index (χ1) is 12.6. The number of alkyl halides is 1. The molecule has 3 rings (SSSR count). The summed E-state index contributed by atoms with van der Waals surface area (Å²) in [6.45, 7) is 6.07. The highest BCUT2D eigenvalue weighted by molar-refractivity contribution is 5.75. The van der Waals surface area contributed by atoms with Gasteiger partial charge in [-0.1, -0.05) is 0 Å². The summed E-state index contributed by atoms with van der Waals surface area (Å²) in [5.41, 5.74) is 1.06. The van der Waals surface area contributed by atoms with Crippen LogP contribution in [0.4, 0.5) is 14.9 Å². The number of carbonyl (C=O) groups is 1. The lowest BCUT2D eigenvalue weighted by Crippen LogP contribution is -2.53. The molecule has 0 aromatic carbocycles. The number of pyridine rings is 1. The van der Waals surface area contributed by atoms with Gasteiger partial charge in [0.05, 0.1) is 30.0 Å². The molecule has 3 heterocycles. The van der Waals surface area contributed by atoms with E-state index in [2.05, 4.69) is 9.97 Å². The number of aryl methyl sites for hydroxylation is 1. The van der Waals surface area contributed by atoms with Crippen molar-refractivity contribution in [3.05, 3.63) is 22.7 Å². The topological polar surface area (TPSA) is 83.5 Å². The summed E-state index contributed by atoms with van der Waals surface area (Å²) in [6.07, 6.45) is 0.361. The van der Waals surface area contributed by atoms with E-state index >= 15 is 0 Å². The quantitative estimate of drug-likeness (QED) is 0.863. The molecular weight excluding hydrogens is 353 g/mol. The van der Waals surface area contributed by atoms with Crippen LogP contribution in [0.3, 0.4) is 0 Å². The Morgan fingerprint density at radius 3 is 2.78 bits per heavy atom. The van der Waals surface area contributed by atoms with E-state index in [-0.39, 0.29) is 12.2 Å². The molecule has 0 aliphatic carbocycles. The normalized spacial score (nSPS) is 20.7. The number of imidazole rings is 1. The highest BCUT2D eigenvalue weighted by Crippen LogP contribution is 2.26. The molecule has 0 spiro atoms. The van der Waals surface area contributed by atoms with Crippen LogP contribution in [0.15, 0.2) is 17.1 Å². The van der Waals surface area contributed by atoms with Gasteiger partial charge in [-0.3, -0.25) is 9.55 Å². The SMILES string of the molecule is CN(C(=O)OC(C)(C)C)C1CCN(c2cnc3[nH]c(=O)n(C)c3c2)CC1F. The van der Waals surface area contributed by atoms with Gasteiger partial charge in [-0.05, 0) is 33.3 Å². The Bertz CT molecular complexity index is 901. The lowest BCUT2D eigenvalue weighted by atomic mass is 10.0. The number of H-pyrrole nitrogens is 1. The van der Waals surface area contributed by atoms with Gasteiger partial charge in [0.2, 0.25) is 0 Å². The second kappa shape index (κ2) is 6.86. The Morgan fingerprint density at radius 1 is 1.44 bits per heavy atom. The van der Waals surface area contributed by atoms with Crippen LogP contribution in [0, 0.1) is 0 Å². The van der Waals surface area contributed by atoms with Crippen molar-refractivity contribution in [2.75, 3.05) is 25.0 Å². The standard InChI is InChI=1S/C18H26FN5O3/c1-18(2,3)27-17(26)23(5)13-6-7-24(10-12(13)19)11-8-14-15(20-9-11)21-16(25)22(14)4/h8-9,12-13H,6-7,10H2,1-5H3,(H,20,21,25). The monoisotopic (exact) mass is 379 g/mol. The third-order valence-electron chi connectivity index (χ3n) is 4.80. The van der Waals surface area contributed by atoms with E-state index in [1.807, 2.05) is 11.0 Å². The number of aromatic amines is 1. The van der Waals surface area contributed by atoms with Crippen LogP contribution < -0.4 is 10.6 Å². The molecule has 1 aliphatic rings. The minimum absolute atomic E-state index is 0.142. The minimum atomic E-state index is -1.22. The second-order valence-corrected chi connectivity index (χ2v) is 7.96. The number of hydrogen-bond donors (Lipinski definition) is 1. The van der Waals surface area contributed by atoms with Crippen molar-refractivity contribution in [1.82, 2.24) is 19.4 Å². The molecule has 1 saturated heterocycles.